The molecule has 0 fully saturated rings. The summed E-state index contributed by atoms with van der Waals surface area (Å²) in [5, 5.41) is 3.75. The van der Waals surface area contributed by atoms with Gasteiger partial charge in [-0.3, -0.25) is 4.79 Å². The first-order valence-electron chi connectivity index (χ1n) is 6.67. The highest BCUT2D eigenvalue weighted by molar-refractivity contribution is 9.09. The van der Waals surface area contributed by atoms with E-state index in [1.807, 2.05) is 0 Å². The standard InChI is InChI=1S/C15H20BrNO/c1-11(17-15(18)8-9-16)13-7-6-12-4-2-3-5-14(12)10-13/h6-7,10-11H,2-5,8-9H2,1H3,(H,17,18). The molecular weight excluding hydrogens is 290 g/mol. The largest absolute Gasteiger partial charge is 0.350 e. The zero-order valence-corrected chi connectivity index (χ0v) is 12.4. The lowest BCUT2D eigenvalue weighted by Gasteiger charge is -2.20. The molecule has 0 saturated carbocycles. The van der Waals surface area contributed by atoms with Gasteiger partial charge in [0.1, 0.15) is 0 Å². The van der Waals surface area contributed by atoms with Crippen LogP contribution in [0.2, 0.25) is 0 Å². The van der Waals surface area contributed by atoms with Crippen LogP contribution in [0, 0.1) is 0 Å². The monoisotopic (exact) mass is 309 g/mol. The van der Waals surface area contributed by atoms with Crippen LogP contribution in [0.25, 0.3) is 0 Å². The molecule has 0 radical (unpaired) electrons. The predicted molar refractivity (Wildman–Crippen MR) is 78.1 cm³/mol. The van der Waals surface area contributed by atoms with Gasteiger partial charge in [0.05, 0.1) is 6.04 Å². The van der Waals surface area contributed by atoms with Crippen LogP contribution in [0.4, 0.5) is 0 Å². The van der Waals surface area contributed by atoms with Crippen molar-refractivity contribution in [1.82, 2.24) is 5.32 Å². The van der Waals surface area contributed by atoms with Crippen molar-refractivity contribution in [3.63, 3.8) is 0 Å². The van der Waals surface area contributed by atoms with E-state index < -0.39 is 0 Å². The molecule has 3 heteroatoms. The number of carbonyl (C=O) groups is 1. The van der Waals surface area contributed by atoms with Gasteiger partial charge >= 0.3 is 0 Å². The molecule has 1 amide bonds. The molecule has 1 aliphatic rings. The summed E-state index contributed by atoms with van der Waals surface area (Å²) in [5.74, 6) is 0.108. The summed E-state index contributed by atoms with van der Waals surface area (Å²) in [6.45, 7) is 2.05. The Morgan fingerprint density at radius 2 is 2.06 bits per heavy atom. The first-order valence-corrected chi connectivity index (χ1v) is 7.80. The zero-order valence-electron chi connectivity index (χ0n) is 10.8. The molecule has 18 heavy (non-hydrogen) atoms. The first kappa shape index (κ1) is 13.6. The molecule has 1 aromatic carbocycles. The highest BCUT2D eigenvalue weighted by Gasteiger charge is 2.13. The summed E-state index contributed by atoms with van der Waals surface area (Å²) in [6, 6.07) is 6.76. The van der Waals surface area contributed by atoms with E-state index in [1.165, 1.54) is 42.4 Å². The lowest BCUT2D eigenvalue weighted by atomic mass is 9.89. The number of benzene rings is 1. The van der Waals surface area contributed by atoms with Crippen molar-refractivity contribution in [2.45, 2.75) is 45.1 Å². The van der Waals surface area contributed by atoms with Crippen LogP contribution in [0.1, 0.15) is 48.9 Å². The van der Waals surface area contributed by atoms with Crippen LogP contribution in [0.15, 0.2) is 18.2 Å². The van der Waals surface area contributed by atoms with Crippen molar-refractivity contribution < 1.29 is 4.79 Å². The number of alkyl halides is 1. The second kappa shape index (κ2) is 6.37. The van der Waals surface area contributed by atoms with Gasteiger partial charge in [0, 0.05) is 11.8 Å². The number of nitrogens with one attached hydrogen (secondary N) is 1. The maximum absolute atomic E-state index is 11.6. The van der Waals surface area contributed by atoms with Crippen LogP contribution in [-0.4, -0.2) is 11.2 Å². The van der Waals surface area contributed by atoms with E-state index in [4.69, 9.17) is 0 Å². The van der Waals surface area contributed by atoms with Crippen molar-refractivity contribution in [2.75, 3.05) is 5.33 Å². The number of halogens is 1. The molecule has 2 rings (SSSR count). The Labute approximate surface area is 117 Å². The molecule has 0 heterocycles. The molecule has 1 unspecified atom stereocenters. The van der Waals surface area contributed by atoms with E-state index in [2.05, 4.69) is 46.4 Å². The topological polar surface area (TPSA) is 29.1 Å². The summed E-state index contributed by atoms with van der Waals surface area (Å²) < 4.78 is 0. The van der Waals surface area contributed by atoms with E-state index in [9.17, 15) is 4.79 Å². The lowest BCUT2D eigenvalue weighted by molar-refractivity contribution is -0.121. The second-order valence-electron chi connectivity index (χ2n) is 4.96. The van der Waals surface area contributed by atoms with Crippen molar-refractivity contribution in [3.05, 3.63) is 34.9 Å². The molecule has 0 aromatic heterocycles. The number of hydrogen-bond acceptors (Lipinski definition) is 1. The van der Waals surface area contributed by atoms with Crippen molar-refractivity contribution in [3.8, 4) is 0 Å². The van der Waals surface area contributed by atoms with Gasteiger partial charge in [-0.1, -0.05) is 34.1 Å². The van der Waals surface area contributed by atoms with Crippen molar-refractivity contribution in [1.29, 1.82) is 0 Å². The molecule has 1 N–H and O–H groups in total. The minimum absolute atomic E-state index is 0.101. The minimum atomic E-state index is 0.101. The third kappa shape index (κ3) is 3.35. The minimum Gasteiger partial charge on any atom is -0.350 e. The molecule has 98 valence electrons. The fourth-order valence-corrected chi connectivity index (χ4v) is 2.87. The number of hydrogen-bond donors (Lipinski definition) is 1. The molecule has 1 atom stereocenters. The molecule has 0 bridgehead atoms. The number of rotatable bonds is 4. The molecule has 1 aromatic rings. The Kier molecular flexibility index (Phi) is 4.81. The van der Waals surface area contributed by atoms with Crippen LogP contribution < -0.4 is 5.32 Å². The summed E-state index contributed by atoms with van der Waals surface area (Å²) in [5.41, 5.74) is 4.18. The van der Waals surface area contributed by atoms with Gasteiger partial charge in [-0.25, -0.2) is 0 Å². The number of aryl methyl sites for hydroxylation is 2. The number of fused-ring (bicyclic) bond motifs is 1. The third-order valence-corrected chi connectivity index (χ3v) is 3.97. The van der Waals surface area contributed by atoms with Crippen LogP contribution in [0.3, 0.4) is 0 Å². The summed E-state index contributed by atoms with van der Waals surface area (Å²) in [6.07, 6.45) is 5.53. The van der Waals surface area contributed by atoms with Gasteiger partial charge in [-0.05, 0) is 49.3 Å². The van der Waals surface area contributed by atoms with Gasteiger partial charge in [-0.15, -0.1) is 0 Å². The third-order valence-electron chi connectivity index (χ3n) is 3.57. The van der Waals surface area contributed by atoms with Crippen LogP contribution in [0.5, 0.6) is 0 Å². The van der Waals surface area contributed by atoms with Crippen molar-refractivity contribution >= 4 is 21.8 Å². The maximum Gasteiger partial charge on any atom is 0.221 e. The number of carbonyl (C=O) groups excluding carboxylic acids is 1. The molecule has 0 saturated heterocycles. The predicted octanol–water partition coefficient (Wildman–Crippen LogP) is 3.53. The van der Waals surface area contributed by atoms with E-state index in [0.717, 1.165) is 5.33 Å². The van der Waals surface area contributed by atoms with Gasteiger partial charge < -0.3 is 5.32 Å². The average Bonchev–Trinajstić information content (AvgIpc) is 2.38. The van der Waals surface area contributed by atoms with Gasteiger partial charge in [0.25, 0.3) is 0 Å². The lowest BCUT2D eigenvalue weighted by Crippen LogP contribution is -2.26. The number of amides is 1. The molecule has 1 aliphatic carbocycles. The normalized spacial score (nSPS) is 15.9. The summed E-state index contributed by atoms with van der Waals surface area (Å²) in [7, 11) is 0. The van der Waals surface area contributed by atoms with E-state index in [0.29, 0.717) is 6.42 Å². The Bertz CT molecular complexity index is 431. The van der Waals surface area contributed by atoms with Crippen LogP contribution >= 0.6 is 15.9 Å². The Balaban J connectivity index is 2.06. The average molecular weight is 310 g/mol. The molecule has 0 spiro atoms. The SMILES string of the molecule is CC(NC(=O)CCBr)c1ccc2c(c1)CCCC2. The van der Waals surface area contributed by atoms with E-state index in [-0.39, 0.29) is 11.9 Å². The second-order valence-corrected chi connectivity index (χ2v) is 5.76. The highest BCUT2D eigenvalue weighted by Crippen LogP contribution is 2.24. The first-order chi connectivity index (χ1) is 8.70. The Morgan fingerprint density at radius 1 is 1.33 bits per heavy atom. The summed E-state index contributed by atoms with van der Waals surface area (Å²) in [4.78, 5) is 11.6. The smallest absolute Gasteiger partial charge is 0.221 e. The Hall–Kier alpha value is -0.830. The molecular formula is C15H20BrNO. The maximum atomic E-state index is 11.6. The quantitative estimate of drug-likeness (QED) is 0.847. The summed E-state index contributed by atoms with van der Waals surface area (Å²) >= 11 is 3.28. The van der Waals surface area contributed by atoms with Gasteiger partial charge in [0.15, 0.2) is 0 Å². The fraction of sp³-hybridized carbons (Fsp3) is 0.533. The highest BCUT2D eigenvalue weighted by atomic mass is 79.9. The van der Waals surface area contributed by atoms with Crippen molar-refractivity contribution in [2.24, 2.45) is 0 Å². The van der Waals surface area contributed by atoms with Gasteiger partial charge in [0.2, 0.25) is 5.91 Å². The van der Waals surface area contributed by atoms with E-state index >= 15 is 0 Å². The zero-order chi connectivity index (χ0) is 13.0. The Morgan fingerprint density at radius 3 is 2.78 bits per heavy atom. The molecule has 0 aliphatic heterocycles. The van der Waals surface area contributed by atoms with E-state index in [1.54, 1.807) is 0 Å². The fourth-order valence-electron chi connectivity index (χ4n) is 2.51. The molecule has 2 nitrogen and oxygen atoms in total. The van der Waals surface area contributed by atoms with Crippen LogP contribution in [-0.2, 0) is 17.6 Å². The van der Waals surface area contributed by atoms with Gasteiger partial charge in [-0.2, -0.15) is 0 Å².